The fourth-order valence-corrected chi connectivity index (χ4v) is 3.33. The number of carbonyl (C=O) groups is 2. The Morgan fingerprint density at radius 2 is 1.66 bits per heavy atom. The van der Waals surface area contributed by atoms with Crippen LogP contribution in [0, 0.1) is 0 Å². The molecule has 0 atom stereocenters. The number of amides is 3. The van der Waals surface area contributed by atoms with Crippen LogP contribution in [-0.2, 0) is 0 Å². The topological polar surface area (TPSA) is 82.7 Å². The van der Waals surface area contributed by atoms with Crippen molar-refractivity contribution in [3.63, 3.8) is 0 Å². The third-order valence-electron chi connectivity index (χ3n) is 4.83. The number of nitrogens with one attached hydrogen (secondary N) is 3. The second kappa shape index (κ2) is 9.82. The molecule has 0 aliphatic carbocycles. The third kappa shape index (κ3) is 5.40. The lowest BCUT2D eigenvalue weighted by Crippen LogP contribution is -2.28. The zero-order valence-electron chi connectivity index (χ0n) is 17.0. The van der Waals surface area contributed by atoms with Gasteiger partial charge in [-0.2, -0.15) is 0 Å². The molecule has 1 aliphatic heterocycles. The summed E-state index contributed by atoms with van der Waals surface area (Å²) in [4.78, 5) is 27.3. The maximum atomic E-state index is 12.7. The summed E-state index contributed by atoms with van der Waals surface area (Å²) < 4.78 is 5.12. The van der Waals surface area contributed by atoms with E-state index in [0.29, 0.717) is 23.5 Å². The van der Waals surface area contributed by atoms with Gasteiger partial charge in [-0.1, -0.05) is 6.92 Å². The number of benzene rings is 2. The van der Waals surface area contributed by atoms with Crippen molar-refractivity contribution < 1.29 is 14.3 Å². The van der Waals surface area contributed by atoms with Crippen molar-refractivity contribution in [2.24, 2.45) is 0 Å². The Hall–Kier alpha value is -3.22. The number of methoxy groups -OCH3 is 1. The molecule has 1 aliphatic rings. The highest BCUT2D eigenvalue weighted by molar-refractivity contribution is 6.04. The highest BCUT2D eigenvalue weighted by Gasteiger charge is 2.20. The van der Waals surface area contributed by atoms with E-state index in [1.165, 1.54) is 0 Å². The molecule has 0 unspecified atom stereocenters. The highest BCUT2D eigenvalue weighted by Crippen LogP contribution is 2.28. The summed E-state index contributed by atoms with van der Waals surface area (Å²) >= 11 is 0. The van der Waals surface area contributed by atoms with Gasteiger partial charge in [-0.25, -0.2) is 4.79 Å². The predicted molar refractivity (Wildman–Crippen MR) is 116 cm³/mol. The first-order valence-electron chi connectivity index (χ1n) is 10.00. The summed E-state index contributed by atoms with van der Waals surface area (Å²) in [5, 5.41) is 8.52. The van der Waals surface area contributed by atoms with Crippen LogP contribution in [0.4, 0.5) is 21.9 Å². The van der Waals surface area contributed by atoms with Crippen LogP contribution in [0.5, 0.6) is 5.75 Å². The standard InChI is InChI=1S/C22H28N4O3/c1-3-12-23-21(27)19-15-17(8-11-20(19)26-13-4-5-14-26)25-22(28)24-16-6-9-18(29-2)10-7-16/h6-11,15H,3-5,12-14H2,1-2H3,(H,23,27)(H2,24,25,28). The molecule has 2 aromatic rings. The molecule has 0 spiro atoms. The van der Waals surface area contributed by atoms with Crippen molar-refractivity contribution in [1.82, 2.24) is 5.32 Å². The Balaban J connectivity index is 1.73. The molecule has 7 heteroatoms. The van der Waals surface area contributed by atoms with Gasteiger partial charge < -0.3 is 25.6 Å². The first-order chi connectivity index (χ1) is 14.1. The van der Waals surface area contributed by atoms with Gasteiger partial charge in [0.2, 0.25) is 0 Å². The number of rotatable bonds is 7. The van der Waals surface area contributed by atoms with Crippen molar-refractivity contribution >= 4 is 29.0 Å². The molecule has 0 aromatic heterocycles. The van der Waals surface area contributed by atoms with Gasteiger partial charge in [-0.05, 0) is 61.7 Å². The van der Waals surface area contributed by atoms with Crippen LogP contribution in [0.1, 0.15) is 36.5 Å². The van der Waals surface area contributed by atoms with Crippen molar-refractivity contribution in [2.75, 3.05) is 42.3 Å². The molecule has 0 saturated carbocycles. The largest absolute Gasteiger partial charge is 0.497 e. The number of ether oxygens (including phenoxy) is 1. The lowest BCUT2D eigenvalue weighted by molar-refractivity contribution is 0.0954. The van der Waals surface area contributed by atoms with E-state index in [9.17, 15) is 9.59 Å². The third-order valence-corrected chi connectivity index (χ3v) is 4.83. The summed E-state index contributed by atoms with van der Waals surface area (Å²) in [6, 6.07) is 12.2. The number of urea groups is 1. The van der Waals surface area contributed by atoms with E-state index in [1.54, 1.807) is 37.4 Å². The summed E-state index contributed by atoms with van der Waals surface area (Å²) in [7, 11) is 1.59. The molecule has 7 nitrogen and oxygen atoms in total. The zero-order chi connectivity index (χ0) is 20.6. The molecular weight excluding hydrogens is 368 g/mol. The van der Waals surface area contributed by atoms with Crippen LogP contribution >= 0.6 is 0 Å². The highest BCUT2D eigenvalue weighted by atomic mass is 16.5. The Labute approximate surface area is 171 Å². The van der Waals surface area contributed by atoms with Crippen molar-refractivity contribution in [3.05, 3.63) is 48.0 Å². The van der Waals surface area contributed by atoms with Crippen LogP contribution in [0.15, 0.2) is 42.5 Å². The molecular formula is C22H28N4O3. The smallest absolute Gasteiger partial charge is 0.323 e. The molecule has 154 valence electrons. The summed E-state index contributed by atoms with van der Waals surface area (Å²) in [6.07, 6.45) is 3.12. The van der Waals surface area contributed by atoms with Gasteiger partial charge in [-0.15, -0.1) is 0 Å². The Bertz CT molecular complexity index is 846. The van der Waals surface area contributed by atoms with E-state index in [4.69, 9.17) is 4.74 Å². The average Bonchev–Trinajstić information content (AvgIpc) is 3.27. The van der Waals surface area contributed by atoms with Gasteiger partial charge in [0.1, 0.15) is 5.75 Å². The quantitative estimate of drug-likeness (QED) is 0.659. The predicted octanol–water partition coefficient (Wildman–Crippen LogP) is 4.08. The molecule has 1 fully saturated rings. The first kappa shape index (κ1) is 20.5. The normalized spacial score (nSPS) is 13.1. The molecule has 1 saturated heterocycles. The van der Waals surface area contributed by atoms with E-state index >= 15 is 0 Å². The van der Waals surface area contributed by atoms with Crippen molar-refractivity contribution in [1.29, 1.82) is 0 Å². The molecule has 3 N–H and O–H groups in total. The maximum Gasteiger partial charge on any atom is 0.323 e. The second-order valence-electron chi connectivity index (χ2n) is 6.99. The van der Waals surface area contributed by atoms with Gasteiger partial charge in [0, 0.05) is 36.7 Å². The summed E-state index contributed by atoms with van der Waals surface area (Å²) in [5.41, 5.74) is 2.72. The first-order valence-corrected chi connectivity index (χ1v) is 10.00. The molecule has 0 radical (unpaired) electrons. The fourth-order valence-electron chi connectivity index (χ4n) is 3.33. The van der Waals surface area contributed by atoms with Gasteiger partial charge in [0.25, 0.3) is 5.91 Å². The Morgan fingerprint density at radius 1 is 1.00 bits per heavy atom. The zero-order valence-corrected chi connectivity index (χ0v) is 17.0. The van der Waals surface area contributed by atoms with Crippen LogP contribution in [0.2, 0.25) is 0 Å². The minimum Gasteiger partial charge on any atom is -0.497 e. The van der Waals surface area contributed by atoms with E-state index in [-0.39, 0.29) is 11.9 Å². The number of nitrogens with zero attached hydrogens (tertiary/aromatic N) is 1. The Morgan fingerprint density at radius 3 is 2.31 bits per heavy atom. The number of anilines is 3. The fraction of sp³-hybridized carbons (Fsp3) is 0.364. The van der Waals surface area contributed by atoms with Gasteiger partial charge >= 0.3 is 6.03 Å². The van der Waals surface area contributed by atoms with Gasteiger partial charge in [-0.3, -0.25) is 4.79 Å². The monoisotopic (exact) mass is 396 g/mol. The van der Waals surface area contributed by atoms with Crippen LogP contribution < -0.4 is 25.6 Å². The van der Waals surface area contributed by atoms with Gasteiger partial charge in [0.05, 0.1) is 12.7 Å². The molecule has 3 rings (SSSR count). The van der Waals surface area contributed by atoms with Crippen LogP contribution in [0.25, 0.3) is 0 Å². The number of carbonyl (C=O) groups excluding carboxylic acids is 2. The molecule has 29 heavy (non-hydrogen) atoms. The number of hydrogen-bond donors (Lipinski definition) is 3. The van der Waals surface area contributed by atoms with E-state index in [1.807, 2.05) is 19.1 Å². The SMILES string of the molecule is CCCNC(=O)c1cc(NC(=O)Nc2ccc(OC)cc2)ccc1N1CCCC1. The maximum absolute atomic E-state index is 12.7. The van der Waals surface area contributed by atoms with Crippen LogP contribution in [-0.4, -0.2) is 38.7 Å². The van der Waals surface area contributed by atoms with Crippen molar-refractivity contribution in [3.8, 4) is 5.75 Å². The van der Waals surface area contributed by atoms with Gasteiger partial charge in [0.15, 0.2) is 0 Å². The minimum absolute atomic E-state index is 0.118. The Kier molecular flexibility index (Phi) is 6.94. The summed E-state index contributed by atoms with van der Waals surface area (Å²) in [5.74, 6) is 0.601. The lowest BCUT2D eigenvalue weighted by atomic mass is 10.1. The molecule has 0 bridgehead atoms. The van der Waals surface area contributed by atoms with E-state index < -0.39 is 0 Å². The van der Waals surface area contributed by atoms with E-state index in [0.717, 1.165) is 43.8 Å². The molecule has 3 amide bonds. The average molecular weight is 396 g/mol. The minimum atomic E-state index is -0.371. The van der Waals surface area contributed by atoms with Crippen molar-refractivity contribution in [2.45, 2.75) is 26.2 Å². The van der Waals surface area contributed by atoms with E-state index in [2.05, 4.69) is 20.9 Å². The summed E-state index contributed by atoms with van der Waals surface area (Å²) in [6.45, 7) is 4.52. The lowest BCUT2D eigenvalue weighted by Gasteiger charge is -2.22. The second-order valence-corrected chi connectivity index (χ2v) is 6.99. The number of hydrogen-bond acceptors (Lipinski definition) is 4. The molecule has 1 heterocycles. The van der Waals surface area contributed by atoms with Crippen LogP contribution in [0.3, 0.4) is 0 Å². The molecule has 2 aromatic carbocycles.